The van der Waals surface area contributed by atoms with Crippen LogP contribution in [0.4, 0.5) is 5.69 Å². The van der Waals surface area contributed by atoms with E-state index in [0.29, 0.717) is 31.2 Å². The number of hydrogen-bond acceptors (Lipinski definition) is 6. The summed E-state index contributed by atoms with van der Waals surface area (Å²) >= 11 is 0. The van der Waals surface area contributed by atoms with Crippen molar-refractivity contribution in [3.05, 3.63) is 21.5 Å². The third-order valence-electron chi connectivity index (χ3n) is 4.82. The topological polar surface area (TPSA) is 107 Å². The Hall–Kier alpha value is -2.00. The molecule has 9 nitrogen and oxygen atoms in total. The molecule has 1 amide bonds. The fourth-order valence-corrected chi connectivity index (χ4v) is 3.56. The van der Waals surface area contributed by atoms with Crippen molar-refractivity contribution < 1.29 is 9.72 Å². The maximum Gasteiger partial charge on any atom is 0.322 e. The fraction of sp³-hybridized carbons (Fsp3) is 0.733. The molecule has 0 aromatic carbocycles. The second-order valence-electron chi connectivity index (χ2n) is 6.39. The average molecular weight is 336 g/mol. The number of amides is 1. The number of carbonyl (C=O) groups is 1. The van der Waals surface area contributed by atoms with E-state index in [-0.39, 0.29) is 17.3 Å². The summed E-state index contributed by atoms with van der Waals surface area (Å²) in [7, 11) is 0. The lowest BCUT2D eigenvalue weighted by atomic mass is 10.2. The summed E-state index contributed by atoms with van der Waals surface area (Å²) in [5.74, 6) is -0.335. The van der Waals surface area contributed by atoms with Crippen LogP contribution in [0.25, 0.3) is 0 Å². The van der Waals surface area contributed by atoms with Crippen LogP contribution < -0.4 is 5.32 Å². The van der Waals surface area contributed by atoms with Gasteiger partial charge in [0.15, 0.2) is 0 Å². The van der Waals surface area contributed by atoms with E-state index >= 15 is 0 Å². The number of hydrogen-bond donors (Lipinski definition) is 2. The number of aromatic amines is 1. The van der Waals surface area contributed by atoms with Crippen LogP contribution in [-0.2, 0) is 6.42 Å². The molecule has 24 heavy (non-hydrogen) atoms. The van der Waals surface area contributed by atoms with Crippen LogP contribution in [0.3, 0.4) is 0 Å². The second kappa shape index (κ2) is 7.27. The fourth-order valence-electron chi connectivity index (χ4n) is 3.56. The Bertz CT molecular complexity index is 610. The van der Waals surface area contributed by atoms with E-state index in [9.17, 15) is 14.9 Å². The molecule has 9 heteroatoms. The van der Waals surface area contributed by atoms with Crippen LogP contribution in [0.2, 0.25) is 0 Å². The highest BCUT2D eigenvalue weighted by atomic mass is 16.6. The van der Waals surface area contributed by atoms with E-state index in [1.165, 1.54) is 0 Å². The number of piperazine rings is 1. The zero-order chi connectivity index (χ0) is 17.1. The lowest BCUT2D eigenvalue weighted by molar-refractivity contribution is -0.385. The molecule has 1 aromatic heterocycles. The molecular weight excluding hydrogens is 312 g/mol. The van der Waals surface area contributed by atoms with E-state index in [2.05, 4.69) is 20.4 Å². The number of nitrogens with one attached hydrogen (secondary N) is 2. The van der Waals surface area contributed by atoms with Crippen molar-refractivity contribution in [2.75, 3.05) is 39.3 Å². The Kier molecular flexibility index (Phi) is 5.10. The predicted octanol–water partition coefficient (Wildman–Crippen LogP) is 0.390. The quantitative estimate of drug-likeness (QED) is 0.595. The molecule has 1 atom stereocenters. The van der Waals surface area contributed by atoms with Crippen LogP contribution in [0, 0.1) is 10.1 Å². The molecule has 0 radical (unpaired) electrons. The van der Waals surface area contributed by atoms with Gasteiger partial charge in [-0.1, -0.05) is 13.3 Å². The first kappa shape index (κ1) is 16.8. The number of carbonyl (C=O) groups excluding carboxylic acids is 1. The Morgan fingerprint density at radius 3 is 2.79 bits per heavy atom. The molecular formula is C15H24N6O3. The average Bonchev–Trinajstić information content (AvgIpc) is 3.22. The SMILES string of the molecule is CCCc1[nH]nc(C(=O)N2CCC(N3CCNCC3)C2)c1[N+](=O)[O-]. The molecule has 3 rings (SSSR count). The van der Waals surface area contributed by atoms with Gasteiger partial charge in [0.2, 0.25) is 5.69 Å². The van der Waals surface area contributed by atoms with Crippen LogP contribution in [0.15, 0.2) is 0 Å². The highest BCUT2D eigenvalue weighted by Gasteiger charge is 2.36. The lowest BCUT2D eigenvalue weighted by Gasteiger charge is -2.32. The summed E-state index contributed by atoms with van der Waals surface area (Å²) in [5.41, 5.74) is 0.223. The molecule has 0 saturated carbocycles. The van der Waals surface area contributed by atoms with Gasteiger partial charge >= 0.3 is 5.69 Å². The number of H-pyrrole nitrogens is 1. The Balaban J connectivity index is 1.72. The van der Waals surface area contributed by atoms with Gasteiger partial charge in [0.05, 0.1) is 4.92 Å². The molecule has 0 bridgehead atoms. The van der Waals surface area contributed by atoms with Gasteiger partial charge in [-0.25, -0.2) is 0 Å². The van der Waals surface area contributed by atoms with Gasteiger partial charge in [0, 0.05) is 45.3 Å². The van der Waals surface area contributed by atoms with Crippen LogP contribution in [0.1, 0.15) is 35.9 Å². The minimum Gasteiger partial charge on any atom is -0.335 e. The minimum atomic E-state index is -0.494. The van der Waals surface area contributed by atoms with E-state index in [1.54, 1.807) is 4.90 Å². The monoisotopic (exact) mass is 336 g/mol. The third-order valence-corrected chi connectivity index (χ3v) is 4.82. The predicted molar refractivity (Wildman–Crippen MR) is 88.0 cm³/mol. The van der Waals surface area contributed by atoms with Crippen molar-refractivity contribution in [3.8, 4) is 0 Å². The number of nitro groups is 1. The summed E-state index contributed by atoms with van der Waals surface area (Å²) < 4.78 is 0. The Labute approximate surface area is 140 Å². The maximum absolute atomic E-state index is 12.7. The van der Waals surface area contributed by atoms with Gasteiger partial charge in [0.25, 0.3) is 5.91 Å². The first-order valence-electron chi connectivity index (χ1n) is 8.57. The van der Waals surface area contributed by atoms with E-state index < -0.39 is 4.92 Å². The number of aryl methyl sites for hydroxylation is 1. The number of rotatable bonds is 5. The zero-order valence-electron chi connectivity index (χ0n) is 14.0. The molecule has 3 heterocycles. The first-order valence-corrected chi connectivity index (χ1v) is 8.57. The molecule has 1 aromatic rings. The molecule has 2 N–H and O–H groups in total. The van der Waals surface area contributed by atoms with Crippen molar-refractivity contribution >= 4 is 11.6 Å². The molecule has 0 aliphatic carbocycles. The van der Waals surface area contributed by atoms with Gasteiger partial charge < -0.3 is 10.2 Å². The lowest BCUT2D eigenvalue weighted by Crippen LogP contribution is -2.49. The summed E-state index contributed by atoms with van der Waals surface area (Å²) in [5, 5.41) is 21.3. The number of nitrogens with zero attached hydrogens (tertiary/aromatic N) is 4. The van der Waals surface area contributed by atoms with Crippen LogP contribution in [-0.4, -0.2) is 76.1 Å². The summed E-state index contributed by atoms with van der Waals surface area (Å²) in [6, 6.07) is 0.337. The van der Waals surface area contributed by atoms with Crippen molar-refractivity contribution in [1.82, 2.24) is 25.3 Å². The van der Waals surface area contributed by atoms with E-state index in [1.807, 2.05) is 6.92 Å². The number of likely N-dealkylation sites (tertiary alicyclic amines) is 1. The molecule has 0 spiro atoms. The third kappa shape index (κ3) is 3.27. The molecule has 2 aliphatic heterocycles. The van der Waals surface area contributed by atoms with Crippen molar-refractivity contribution in [2.45, 2.75) is 32.2 Å². The summed E-state index contributed by atoms with van der Waals surface area (Å²) in [4.78, 5) is 27.7. The molecule has 132 valence electrons. The van der Waals surface area contributed by atoms with Crippen molar-refractivity contribution in [1.29, 1.82) is 0 Å². The van der Waals surface area contributed by atoms with E-state index in [4.69, 9.17) is 0 Å². The maximum atomic E-state index is 12.7. The largest absolute Gasteiger partial charge is 0.335 e. The summed E-state index contributed by atoms with van der Waals surface area (Å²) in [6.45, 7) is 7.08. The smallest absolute Gasteiger partial charge is 0.322 e. The zero-order valence-corrected chi connectivity index (χ0v) is 14.0. The molecule has 2 aliphatic rings. The molecule has 1 unspecified atom stereocenters. The van der Waals surface area contributed by atoms with E-state index in [0.717, 1.165) is 39.0 Å². The highest BCUT2D eigenvalue weighted by molar-refractivity contribution is 5.96. The highest BCUT2D eigenvalue weighted by Crippen LogP contribution is 2.26. The van der Waals surface area contributed by atoms with Crippen LogP contribution in [0.5, 0.6) is 0 Å². The number of aromatic nitrogens is 2. The first-order chi connectivity index (χ1) is 11.6. The Morgan fingerprint density at radius 1 is 1.38 bits per heavy atom. The van der Waals surface area contributed by atoms with Crippen molar-refractivity contribution in [3.63, 3.8) is 0 Å². The minimum absolute atomic E-state index is 0.0515. The van der Waals surface area contributed by atoms with Gasteiger partial charge in [0.1, 0.15) is 5.69 Å². The summed E-state index contributed by atoms with van der Waals surface area (Å²) in [6.07, 6.45) is 2.18. The van der Waals surface area contributed by atoms with Gasteiger partial charge in [-0.15, -0.1) is 0 Å². The van der Waals surface area contributed by atoms with Crippen molar-refractivity contribution in [2.24, 2.45) is 0 Å². The molecule has 2 fully saturated rings. The standard InChI is InChI=1S/C15H24N6O3/c1-2-3-12-14(21(23)24)13(18-17-12)15(22)20-7-4-11(10-20)19-8-5-16-6-9-19/h11,16H,2-10H2,1H3,(H,17,18). The second-order valence-corrected chi connectivity index (χ2v) is 6.39. The Morgan fingerprint density at radius 2 is 2.12 bits per heavy atom. The van der Waals surface area contributed by atoms with Gasteiger partial charge in [-0.3, -0.25) is 24.9 Å². The van der Waals surface area contributed by atoms with Crippen LogP contribution >= 0.6 is 0 Å². The van der Waals surface area contributed by atoms with Gasteiger partial charge in [-0.05, 0) is 12.8 Å². The molecule has 2 saturated heterocycles. The normalized spacial score (nSPS) is 22.0. The van der Waals surface area contributed by atoms with Gasteiger partial charge in [-0.2, -0.15) is 5.10 Å².